The second-order valence-electron chi connectivity index (χ2n) is 9.22. The number of unbranched alkanes of at least 4 members (excludes halogenated alkanes) is 2. The first-order valence-electron chi connectivity index (χ1n) is 12.0. The van der Waals surface area contributed by atoms with Gasteiger partial charge in [-0.25, -0.2) is 4.79 Å². The van der Waals surface area contributed by atoms with Gasteiger partial charge in [0.2, 0.25) is 0 Å². The molecule has 3 N–H and O–H groups in total. The number of phenolic OH excluding ortho intramolecular Hbond substituents is 2. The van der Waals surface area contributed by atoms with E-state index >= 15 is 0 Å². The molecule has 0 radical (unpaired) electrons. The molecule has 0 heterocycles. The van der Waals surface area contributed by atoms with E-state index in [0.29, 0.717) is 24.0 Å². The number of aliphatic hydroxyl groups excluding tert-OH is 1. The molecule has 178 valence electrons. The normalized spacial score (nSPS) is 19.3. The largest absolute Gasteiger partial charge is 0.507 e. The molecular formula is C27H40O5. The first-order chi connectivity index (χ1) is 15.2. The number of carbonyl (C=O) groups excluding carboxylic acids is 1. The Bertz CT molecular complexity index is 839. The fourth-order valence-electron chi connectivity index (χ4n) is 4.61. The molecule has 1 aromatic carbocycles. The Kier molecular flexibility index (Phi) is 9.83. The van der Waals surface area contributed by atoms with Gasteiger partial charge in [-0.1, -0.05) is 56.9 Å². The van der Waals surface area contributed by atoms with Crippen LogP contribution in [0.2, 0.25) is 0 Å². The van der Waals surface area contributed by atoms with Crippen molar-refractivity contribution in [1.82, 2.24) is 0 Å². The van der Waals surface area contributed by atoms with Gasteiger partial charge >= 0.3 is 5.97 Å². The molecule has 0 saturated carbocycles. The number of carbonyl (C=O) groups is 1. The van der Waals surface area contributed by atoms with Crippen LogP contribution in [0.15, 0.2) is 29.9 Å². The molecule has 5 nitrogen and oxygen atoms in total. The Labute approximate surface area is 192 Å². The second kappa shape index (κ2) is 12.1. The summed E-state index contributed by atoms with van der Waals surface area (Å²) in [5.74, 6) is -1.07. The molecular weight excluding hydrogens is 404 g/mol. The van der Waals surface area contributed by atoms with E-state index < -0.39 is 12.1 Å². The zero-order valence-electron chi connectivity index (χ0n) is 20.1. The summed E-state index contributed by atoms with van der Waals surface area (Å²) in [5.41, 5.74) is 3.21. The summed E-state index contributed by atoms with van der Waals surface area (Å²) < 4.78 is 5.38. The number of phenols is 2. The molecule has 0 aromatic heterocycles. The molecule has 2 rings (SSSR count). The Morgan fingerprint density at radius 2 is 1.97 bits per heavy atom. The highest BCUT2D eigenvalue weighted by atomic mass is 16.5. The van der Waals surface area contributed by atoms with E-state index in [-0.39, 0.29) is 35.5 Å². The van der Waals surface area contributed by atoms with Gasteiger partial charge < -0.3 is 20.1 Å². The van der Waals surface area contributed by atoms with Crippen molar-refractivity contribution in [1.29, 1.82) is 0 Å². The third kappa shape index (κ3) is 6.38. The Hall–Kier alpha value is -2.27. The number of hydrogen-bond donors (Lipinski definition) is 3. The summed E-state index contributed by atoms with van der Waals surface area (Å²) in [5, 5.41) is 32.2. The highest BCUT2D eigenvalue weighted by Gasteiger charge is 2.33. The number of aromatic hydroxyl groups is 2. The van der Waals surface area contributed by atoms with Crippen molar-refractivity contribution >= 4 is 5.97 Å². The summed E-state index contributed by atoms with van der Waals surface area (Å²) >= 11 is 0. The predicted octanol–water partition coefficient (Wildman–Crippen LogP) is 6.16. The van der Waals surface area contributed by atoms with Gasteiger partial charge in [-0.3, -0.25) is 0 Å². The van der Waals surface area contributed by atoms with Crippen LogP contribution in [-0.4, -0.2) is 34.0 Å². The van der Waals surface area contributed by atoms with Gasteiger partial charge in [-0.2, -0.15) is 0 Å². The van der Waals surface area contributed by atoms with Crippen LogP contribution in [0.1, 0.15) is 100 Å². The van der Waals surface area contributed by atoms with Gasteiger partial charge in [0, 0.05) is 11.5 Å². The average molecular weight is 445 g/mol. The lowest BCUT2D eigenvalue weighted by Gasteiger charge is -2.32. The van der Waals surface area contributed by atoms with Gasteiger partial charge in [0.05, 0.1) is 6.10 Å². The van der Waals surface area contributed by atoms with E-state index in [1.165, 1.54) is 5.57 Å². The first kappa shape index (κ1) is 26.0. The molecule has 5 heteroatoms. The lowest BCUT2D eigenvalue weighted by Crippen LogP contribution is -2.21. The maximum absolute atomic E-state index is 13.0. The summed E-state index contributed by atoms with van der Waals surface area (Å²) in [6.45, 7) is 12.0. The van der Waals surface area contributed by atoms with Crippen molar-refractivity contribution in [2.45, 2.75) is 91.1 Å². The number of rotatable bonds is 11. The van der Waals surface area contributed by atoms with Gasteiger partial charge in [0.25, 0.3) is 0 Å². The number of aryl methyl sites for hydroxylation is 1. The Balaban J connectivity index is 2.52. The number of benzene rings is 1. The zero-order valence-corrected chi connectivity index (χ0v) is 20.1. The van der Waals surface area contributed by atoms with E-state index in [9.17, 15) is 20.1 Å². The lowest BCUT2D eigenvalue weighted by atomic mass is 9.73. The number of allylic oxidation sites excluding steroid dienone is 3. The molecule has 0 amide bonds. The minimum absolute atomic E-state index is 0.00114. The van der Waals surface area contributed by atoms with Crippen molar-refractivity contribution in [3.63, 3.8) is 0 Å². The SMILES string of the molecule is C=C(C)C1CCC(C)=CC1c1c(O)cc(CCCCC)c(C(=O)OCC(O)CCC)c1O. The maximum atomic E-state index is 13.0. The molecule has 32 heavy (non-hydrogen) atoms. The van der Waals surface area contributed by atoms with Crippen LogP contribution < -0.4 is 0 Å². The third-order valence-corrected chi connectivity index (χ3v) is 6.40. The summed E-state index contributed by atoms with van der Waals surface area (Å²) in [6, 6.07) is 1.61. The van der Waals surface area contributed by atoms with Gasteiger partial charge in [0.15, 0.2) is 0 Å². The molecule has 1 aromatic rings. The van der Waals surface area contributed by atoms with Crippen molar-refractivity contribution in [3.05, 3.63) is 46.6 Å². The number of hydrogen-bond acceptors (Lipinski definition) is 5. The Morgan fingerprint density at radius 3 is 2.59 bits per heavy atom. The van der Waals surface area contributed by atoms with Crippen LogP contribution in [0.4, 0.5) is 0 Å². The number of aliphatic hydroxyl groups is 1. The smallest absolute Gasteiger partial charge is 0.342 e. The number of ether oxygens (including phenoxy) is 1. The van der Waals surface area contributed by atoms with E-state index in [1.807, 2.05) is 20.8 Å². The predicted molar refractivity (Wildman–Crippen MR) is 128 cm³/mol. The van der Waals surface area contributed by atoms with Gasteiger partial charge in [-0.15, -0.1) is 0 Å². The molecule has 0 fully saturated rings. The van der Waals surface area contributed by atoms with E-state index in [4.69, 9.17) is 4.74 Å². The minimum Gasteiger partial charge on any atom is -0.507 e. The summed E-state index contributed by atoms with van der Waals surface area (Å²) in [6.07, 6.45) is 7.86. The molecule has 1 aliphatic rings. The molecule has 0 aliphatic heterocycles. The monoisotopic (exact) mass is 444 g/mol. The fourth-order valence-corrected chi connectivity index (χ4v) is 4.61. The van der Waals surface area contributed by atoms with E-state index in [2.05, 4.69) is 19.6 Å². The lowest BCUT2D eigenvalue weighted by molar-refractivity contribution is 0.0233. The van der Waals surface area contributed by atoms with Crippen molar-refractivity contribution < 1.29 is 24.9 Å². The first-order valence-corrected chi connectivity index (χ1v) is 12.0. The van der Waals surface area contributed by atoms with Gasteiger partial charge in [0.1, 0.15) is 23.7 Å². The zero-order chi connectivity index (χ0) is 23.8. The maximum Gasteiger partial charge on any atom is 0.342 e. The van der Waals surface area contributed by atoms with Crippen LogP contribution in [0.25, 0.3) is 0 Å². The molecule has 0 bridgehead atoms. The highest BCUT2D eigenvalue weighted by Crippen LogP contribution is 2.48. The second-order valence-corrected chi connectivity index (χ2v) is 9.22. The van der Waals surface area contributed by atoms with E-state index in [0.717, 1.165) is 44.1 Å². The van der Waals surface area contributed by atoms with Crippen LogP contribution in [0, 0.1) is 5.92 Å². The van der Waals surface area contributed by atoms with Crippen LogP contribution in [0.3, 0.4) is 0 Å². The van der Waals surface area contributed by atoms with Crippen molar-refractivity contribution in [3.8, 4) is 11.5 Å². The topological polar surface area (TPSA) is 87.0 Å². The van der Waals surface area contributed by atoms with Crippen molar-refractivity contribution in [2.24, 2.45) is 5.92 Å². The molecule has 3 atom stereocenters. The van der Waals surface area contributed by atoms with Gasteiger partial charge in [-0.05, 0) is 63.5 Å². The van der Waals surface area contributed by atoms with Crippen LogP contribution in [0.5, 0.6) is 11.5 Å². The average Bonchev–Trinajstić information content (AvgIpc) is 2.72. The quantitative estimate of drug-likeness (QED) is 0.216. The summed E-state index contributed by atoms with van der Waals surface area (Å²) in [4.78, 5) is 13.0. The summed E-state index contributed by atoms with van der Waals surface area (Å²) in [7, 11) is 0. The molecule has 0 saturated heterocycles. The minimum atomic E-state index is -0.733. The highest BCUT2D eigenvalue weighted by molar-refractivity contribution is 5.95. The van der Waals surface area contributed by atoms with Crippen LogP contribution >= 0.6 is 0 Å². The molecule has 1 aliphatic carbocycles. The van der Waals surface area contributed by atoms with Crippen molar-refractivity contribution in [2.75, 3.05) is 6.61 Å². The molecule has 0 spiro atoms. The standard InChI is InChI=1S/C27H40O5/c1-6-8-9-11-19-15-23(29)25(22-14-18(5)12-13-21(22)17(3)4)26(30)24(19)27(31)32-16-20(28)10-7-2/h14-15,20-22,28-30H,3,6-13,16H2,1-2,4-5H3. The third-order valence-electron chi connectivity index (χ3n) is 6.40. The fraction of sp³-hybridized carbons (Fsp3) is 0.593. The number of esters is 1. The molecule has 3 unspecified atom stereocenters. The Morgan fingerprint density at radius 1 is 1.25 bits per heavy atom. The van der Waals surface area contributed by atoms with Crippen LogP contribution in [-0.2, 0) is 11.2 Å². The van der Waals surface area contributed by atoms with E-state index in [1.54, 1.807) is 6.07 Å².